The maximum Gasteiger partial charge on any atom is 0.349 e. The van der Waals surface area contributed by atoms with Crippen molar-refractivity contribution in [3.8, 4) is 34.4 Å². The third-order valence-electron chi connectivity index (χ3n) is 11.4. The lowest BCUT2D eigenvalue weighted by molar-refractivity contribution is 0.482. The number of fused-ring (bicyclic) bond motifs is 2. The van der Waals surface area contributed by atoms with Crippen LogP contribution < -0.4 is 36.4 Å². The molecule has 2 atom stereocenters. The lowest BCUT2D eigenvalue weighted by Gasteiger charge is -2.22. The molecule has 4 heterocycles. The molecule has 4 aromatic heterocycles. The summed E-state index contributed by atoms with van der Waals surface area (Å²) in [5, 5.41) is 17.9. The minimum absolute atomic E-state index is 0.0408. The highest BCUT2D eigenvalue weighted by atomic mass is 32.1. The normalized spacial score (nSPS) is 12.2. The molecule has 0 fully saturated rings. The number of anilines is 4. The Morgan fingerprint density at radius 2 is 0.884 bits per heavy atom. The summed E-state index contributed by atoms with van der Waals surface area (Å²) in [5.74, 6) is 1.27. The summed E-state index contributed by atoms with van der Waals surface area (Å²) in [4.78, 5) is 30.3. The van der Waals surface area contributed by atoms with Crippen LogP contribution in [0.25, 0.3) is 44.8 Å². The molecule has 344 valence electrons. The SMILES string of the molecule is CN(C)c1ccc(C(Nc2ccc(Oc3ccc(NC(c4ccc(N(C)C)cc4)n4nc(-c5cc6ccccc6oc5=O)oc4=S)cc3)cc2)n2nc(-c3cc4ccccc4oc3=O)oc2=S)cc1. The van der Waals surface area contributed by atoms with Gasteiger partial charge in [-0.3, -0.25) is 0 Å². The first kappa shape index (κ1) is 44.3. The van der Waals surface area contributed by atoms with Gasteiger partial charge >= 0.3 is 11.3 Å². The number of aromatic nitrogens is 4. The zero-order chi connectivity index (χ0) is 47.8. The molecule has 0 amide bonds. The highest BCUT2D eigenvalue weighted by Gasteiger charge is 2.24. The van der Waals surface area contributed by atoms with Crippen LogP contribution in [-0.4, -0.2) is 47.8 Å². The van der Waals surface area contributed by atoms with Crippen LogP contribution in [0.15, 0.2) is 185 Å². The molecule has 2 N–H and O–H groups in total. The van der Waals surface area contributed by atoms with Crippen LogP contribution in [0.4, 0.5) is 22.7 Å². The molecule has 6 aromatic carbocycles. The van der Waals surface area contributed by atoms with Gasteiger partial charge in [0.05, 0.1) is 0 Å². The van der Waals surface area contributed by atoms with Crippen LogP contribution in [-0.2, 0) is 0 Å². The Labute approximate surface area is 404 Å². The molecular weight excluding hydrogens is 913 g/mol. The second kappa shape index (κ2) is 18.6. The van der Waals surface area contributed by atoms with Gasteiger partial charge in [0, 0.05) is 61.7 Å². The smallest absolute Gasteiger partial charge is 0.349 e. The highest BCUT2D eigenvalue weighted by molar-refractivity contribution is 7.71. The molecule has 0 bridgehead atoms. The molecular formula is C52H42N8O7S2. The number of nitrogens with one attached hydrogen (secondary N) is 2. The molecule has 0 saturated heterocycles. The van der Waals surface area contributed by atoms with Crippen molar-refractivity contribution in [2.24, 2.45) is 0 Å². The largest absolute Gasteiger partial charge is 0.457 e. The molecule has 0 aliphatic heterocycles. The molecule has 0 aliphatic carbocycles. The van der Waals surface area contributed by atoms with E-state index in [0.717, 1.165) is 44.6 Å². The average molecular weight is 955 g/mol. The first-order valence-electron chi connectivity index (χ1n) is 21.7. The van der Waals surface area contributed by atoms with E-state index in [2.05, 4.69) is 10.6 Å². The van der Waals surface area contributed by atoms with Gasteiger partial charge in [-0.1, -0.05) is 60.7 Å². The maximum atomic E-state index is 13.1. The summed E-state index contributed by atoms with van der Waals surface area (Å²) in [6.07, 6.45) is -1.25. The molecule has 15 nitrogen and oxygen atoms in total. The van der Waals surface area contributed by atoms with Crippen LogP contribution >= 0.6 is 24.4 Å². The van der Waals surface area contributed by atoms with Crippen LogP contribution in [0.5, 0.6) is 11.5 Å². The van der Waals surface area contributed by atoms with Gasteiger partial charge in [0.1, 0.15) is 33.8 Å². The number of benzene rings is 6. The molecule has 0 spiro atoms. The van der Waals surface area contributed by atoms with E-state index in [-0.39, 0.29) is 32.6 Å². The number of ether oxygens (including phenoxy) is 1. The molecule has 0 saturated carbocycles. The Kier molecular flexibility index (Phi) is 12.0. The van der Waals surface area contributed by atoms with Crippen molar-refractivity contribution in [1.82, 2.24) is 19.6 Å². The Morgan fingerprint density at radius 3 is 1.26 bits per heavy atom. The predicted octanol–water partition coefficient (Wildman–Crippen LogP) is 11.5. The summed E-state index contributed by atoms with van der Waals surface area (Å²) in [6, 6.07) is 48.7. The summed E-state index contributed by atoms with van der Waals surface area (Å²) in [5.41, 5.74) is 5.23. The summed E-state index contributed by atoms with van der Waals surface area (Å²) in [6.45, 7) is 0. The Hall–Kier alpha value is -8.54. The third kappa shape index (κ3) is 9.28. The summed E-state index contributed by atoms with van der Waals surface area (Å²) >= 11 is 11.4. The average Bonchev–Trinajstić information content (AvgIpc) is 3.94. The number of hydrogen-bond donors (Lipinski definition) is 2. The van der Waals surface area contributed by atoms with Crippen molar-refractivity contribution in [2.75, 3.05) is 48.6 Å². The lowest BCUT2D eigenvalue weighted by atomic mass is 10.1. The first-order valence-corrected chi connectivity index (χ1v) is 22.5. The number of hydrogen-bond acceptors (Lipinski definition) is 15. The van der Waals surface area contributed by atoms with Crippen LogP contribution in [0.3, 0.4) is 0 Å². The van der Waals surface area contributed by atoms with Gasteiger partial charge in [-0.25, -0.2) is 9.59 Å². The monoisotopic (exact) mass is 954 g/mol. The minimum Gasteiger partial charge on any atom is -0.457 e. The Morgan fingerprint density at radius 1 is 0.507 bits per heavy atom. The molecule has 0 aliphatic rings. The third-order valence-corrected chi connectivity index (χ3v) is 11.9. The van der Waals surface area contributed by atoms with Gasteiger partial charge in [0.15, 0.2) is 12.3 Å². The van der Waals surface area contributed by atoms with E-state index in [0.29, 0.717) is 22.7 Å². The predicted molar refractivity (Wildman–Crippen MR) is 272 cm³/mol. The lowest BCUT2D eigenvalue weighted by Crippen LogP contribution is -2.21. The quantitative estimate of drug-likeness (QED) is 0.0781. The van der Waals surface area contributed by atoms with E-state index in [1.807, 2.05) is 159 Å². The molecule has 69 heavy (non-hydrogen) atoms. The molecule has 0 radical (unpaired) electrons. The number of para-hydroxylation sites is 2. The van der Waals surface area contributed by atoms with Gasteiger partial charge in [-0.15, -0.1) is 10.2 Å². The van der Waals surface area contributed by atoms with Gasteiger partial charge < -0.3 is 42.8 Å². The van der Waals surface area contributed by atoms with Crippen molar-refractivity contribution >= 4 is 69.1 Å². The topological polar surface area (TPSA) is 162 Å². The van der Waals surface area contributed by atoms with Crippen LogP contribution in [0.2, 0.25) is 0 Å². The van der Waals surface area contributed by atoms with Gasteiger partial charge in [0.25, 0.3) is 21.5 Å². The Balaban J connectivity index is 0.888. The molecule has 17 heteroatoms. The highest BCUT2D eigenvalue weighted by Crippen LogP contribution is 2.32. The summed E-state index contributed by atoms with van der Waals surface area (Å²) in [7, 11) is 7.89. The maximum absolute atomic E-state index is 13.1. The van der Waals surface area contributed by atoms with Gasteiger partial charge in [-0.05, 0) is 133 Å². The van der Waals surface area contributed by atoms with Crippen molar-refractivity contribution in [2.45, 2.75) is 12.3 Å². The van der Waals surface area contributed by atoms with E-state index in [9.17, 15) is 9.59 Å². The number of rotatable bonds is 14. The first-order chi connectivity index (χ1) is 33.4. The molecule has 10 aromatic rings. The van der Waals surface area contributed by atoms with E-state index < -0.39 is 23.6 Å². The van der Waals surface area contributed by atoms with Gasteiger partial charge in [0.2, 0.25) is 0 Å². The fourth-order valence-electron chi connectivity index (χ4n) is 7.71. The van der Waals surface area contributed by atoms with Crippen molar-refractivity contribution in [3.05, 3.63) is 199 Å². The molecule has 10 rings (SSSR count). The van der Waals surface area contributed by atoms with Gasteiger partial charge in [-0.2, -0.15) is 9.36 Å². The van der Waals surface area contributed by atoms with Crippen LogP contribution in [0, 0.1) is 9.67 Å². The second-order valence-electron chi connectivity index (χ2n) is 16.4. The summed E-state index contributed by atoms with van der Waals surface area (Å²) < 4.78 is 32.4. The minimum atomic E-state index is -0.627. The fraction of sp³-hybridized carbons (Fsp3) is 0.115. The zero-order valence-electron chi connectivity index (χ0n) is 37.5. The van der Waals surface area contributed by atoms with E-state index >= 15 is 0 Å². The van der Waals surface area contributed by atoms with Crippen molar-refractivity contribution < 1.29 is 22.4 Å². The van der Waals surface area contributed by atoms with E-state index in [4.69, 9.17) is 57.0 Å². The Bertz CT molecular complexity index is 3460. The number of nitrogens with zero attached hydrogens (tertiary/aromatic N) is 6. The van der Waals surface area contributed by atoms with Crippen LogP contribution in [0.1, 0.15) is 23.5 Å². The van der Waals surface area contributed by atoms with Crippen molar-refractivity contribution in [3.63, 3.8) is 0 Å². The second-order valence-corrected chi connectivity index (χ2v) is 17.1. The standard InChI is InChI=1S/C52H42N8O7S2/c1-57(2)37-21-13-31(14-22-37)45(59-51(68)66-47(55-59)41-29-33-9-5-7-11-43(33)64-49(41)61)53-35-17-25-39(26-18-35)63-40-27-19-36(20-28-40)54-46(32-15-23-38(24-16-32)58(3)4)60-52(69)67-48(56-60)42-30-34-10-6-8-12-44(34)65-50(42)62/h5-30,45-46,53-54H,1-4H3. The zero-order valence-corrected chi connectivity index (χ0v) is 39.2. The van der Waals surface area contributed by atoms with Crippen molar-refractivity contribution in [1.29, 1.82) is 0 Å². The fourth-order valence-corrected chi connectivity index (χ4v) is 8.16. The van der Waals surface area contributed by atoms with E-state index in [1.165, 1.54) is 9.36 Å². The van der Waals surface area contributed by atoms with E-state index in [1.54, 1.807) is 36.4 Å². The molecule has 2 unspecified atom stereocenters.